The molecular formula is C11H13ClN2O4S. The molecule has 8 heteroatoms. The third kappa shape index (κ3) is 4.45. The SMILES string of the molecule is COCC(O)CNS(=O)(=O)c1ccc(C#N)cc1Cl. The van der Waals surface area contributed by atoms with Gasteiger partial charge in [0, 0.05) is 13.7 Å². The van der Waals surface area contributed by atoms with Crippen molar-refractivity contribution in [2.75, 3.05) is 20.3 Å². The molecule has 1 unspecified atom stereocenters. The Morgan fingerprint density at radius 2 is 2.26 bits per heavy atom. The molecule has 104 valence electrons. The van der Waals surface area contributed by atoms with Crippen LogP contribution in [0.2, 0.25) is 5.02 Å². The number of nitriles is 1. The lowest BCUT2D eigenvalue weighted by Gasteiger charge is -2.12. The largest absolute Gasteiger partial charge is 0.389 e. The number of rotatable bonds is 6. The van der Waals surface area contributed by atoms with Crippen LogP contribution >= 0.6 is 11.6 Å². The Hall–Kier alpha value is -1.17. The Bertz CT molecular complexity index is 583. The molecule has 0 aliphatic heterocycles. The van der Waals surface area contributed by atoms with Crippen LogP contribution in [0.3, 0.4) is 0 Å². The summed E-state index contributed by atoms with van der Waals surface area (Å²) in [4.78, 5) is -0.141. The predicted octanol–water partition coefficient (Wildman–Crippen LogP) is 0.497. The van der Waals surface area contributed by atoms with E-state index in [1.165, 1.54) is 25.3 Å². The molecule has 0 radical (unpaired) electrons. The quantitative estimate of drug-likeness (QED) is 0.797. The minimum Gasteiger partial charge on any atom is -0.389 e. The Morgan fingerprint density at radius 3 is 2.79 bits per heavy atom. The summed E-state index contributed by atoms with van der Waals surface area (Å²) >= 11 is 5.81. The van der Waals surface area contributed by atoms with Gasteiger partial charge in [0.05, 0.1) is 29.4 Å². The number of methoxy groups -OCH3 is 1. The van der Waals surface area contributed by atoms with Gasteiger partial charge in [0.1, 0.15) is 4.90 Å². The molecule has 1 aromatic carbocycles. The van der Waals surface area contributed by atoms with E-state index in [1.54, 1.807) is 0 Å². The fraction of sp³-hybridized carbons (Fsp3) is 0.364. The second-order valence-corrected chi connectivity index (χ2v) is 5.86. The maximum atomic E-state index is 11.9. The Kier molecular flexibility index (Phi) is 5.72. The van der Waals surface area contributed by atoms with Gasteiger partial charge < -0.3 is 9.84 Å². The molecule has 1 aromatic rings. The molecular weight excluding hydrogens is 292 g/mol. The second-order valence-electron chi connectivity index (χ2n) is 3.72. The van der Waals surface area contributed by atoms with E-state index in [2.05, 4.69) is 9.46 Å². The van der Waals surface area contributed by atoms with Crippen molar-refractivity contribution < 1.29 is 18.3 Å². The number of halogens is 1. The second kappa shape index (κ2) is 6.84. The molecule has 0 bridgehead atoms. The first kappa shape index (κ1) is 15.9. The summed E-state index contributed by atoms with van der Waals surface area (Å²) < 4.78 is 30.8. The first-order valence-corrected chi connectivity index (χ1v) is 7.13. The zero-order valence-electron chi connectivity index (χ0n) is 10.1. The van der Waals surface area contributed by atoms with Crippen molar-refractivity contribution in [1.82, 2.24) is 4.72 Å². The normalized spacial score (nSPS) is 12.9. The predicted molar refractivity (Wildman–Crippen MR) is 69.2 cm³/mol. The van der Waals surface area contributed by atoms with Crippen LogP contribution in [-0.4, -0.2) is 39.9 Å². The number of aliphatic hydroxyl groups is 1. The average molecular weight is 305 g/mol. The van der Waals surface area contributed by atoms with Crippen molar-refractivity contribution in [2.45, 2.75) is 11.0 Å². The molecule has 0 fully saturated rings. The molecule has 0 saturated carbocycles. The zero-order valence-corrected chi connectivity index (χ0v) is 11.7. The van der Waals surface area contributed by atoms with Crippen molar-refractivity contribution in [1.29, 1.82) is 5.26 Å². The van der Waals surface area contributed by atoms with Crippen LogP contribution in [0.4, 0.5) is 0 Å². The van der Waals surface area contributed by atoms with E-state index in [1.807, 2.05) is 6.07 Å². The van der Waals surface area contributed by atoms with Crippen molar-refractivity contribution in [3.63, 3.8) is 0 Å². The zero-order chi connectivity index (χ0) is 14.5. The number of ether oxygens (including phenoxy) is 1. The van der Waals surface area contributed by atoms with Crippen LogP contribution in [0.25, 0.3) is 0 Å². The fourth-order valence-electron chi connectivity index (χ4n) is 1.32. The first-order valence-electron chi connectivity index (χ1n) is 5.27. The van der Waals surface area contributed by atoms with Crippen molar-refractivity contribution in [3.05, 3.63) is 28.8 Å². The smallest absolute Gasteiger partial charge is 0.242 e. The van der Waals surface area contributed by atoms with Crippen LogP contribution in [0.5, 0.6) is 0 Å². The van der Waals surface area contributed by atoms with Gasteiger partial charge in [-0.1, -0.05) is 11.6 Å². The van der Waals surface area contributed by atoms with Crippen LogP contribution < -0.4 is 4.72 Å². The number of nitrogens with one attached hydrogen (secondary N) is 1. The molecule has 0 heterocycles. The average Bonchev–Trinajstić information content (AvgIpc) is 2.36. The van der Waals surface area contributed by atoms with E-state index in [0.717, 1.165) is 0 Å². The van der Waals surface area contributed by atoms with Gasteiger partial charge in [-0.25, -0.2) is 13.1 Å². The van der Waals surface area contributed by atoms with Gasteiger partial charge in [-0.3, -0.25) is 0 Å². The highest BCUT2D eigenvalue weighted by Crippen LogP contribution is 2.22. The summed E-state index contributed by atoms with van der Waals surface area (Å²) in [5.41, 5.74) is 0.267. The lowest BCUT2D eigenvalue weighted by atomic mass is 10.2. The number of nitrogens with zero attached hydrogens (tertiary/aromatic N) is 1. The standard InChI is InChI=1S/C11H13ClN2O4S/c1-18-7-9(15)6-14-19(16,17)11-3-2-8(5-13)4-10(11)12/h2-4,9,14-15H,6-7H2,1H3. The lowest BCUT2D eigenvalue weighted by Crippen LogP contribution is -2.34. The molecule has 6 nitrogen and oxygen atoms in total. The summed E-state index contributed by atoms with van der Waals surface area (Å²) in [6.45, 7) is -0.171. The van der Waals surface area contributed by atoms with E-state index in [-0.39, 0.29) is 28.6 Å². The summed E-state index contributed by atoms with van der Waals surface area (Å²) in [6, 6.07) is 5.72. The number of hydrogen-bond acceptors (Lipinski definition) is 5. The summed E-state index contributed by atoms with van der Waals surface area (Å²) in [5, 5.41) is 18.0. The van der Waals surface area contributed by atoms with E-state index in [0.29, 0.717) is 0 Å². The Morgan fingerprint density at radius 1 is 1.58 bits per heavy atom. The monoisotopic (exact) mass is 304 g/mol. The molecule has 1 atom stereocenters. The molecule has 0 aliphatic carbocycles. The number of aliphatic hydroxyl groups excluding tert-OH is 1. The molecule has 0 saturated heterocycles. The lowest BCUT2D eigenvalue weighted by molar-refractivity contribution is 0.0679. The van der Waals surface area contributed by atoms with Crippen molar-refractivity contribution in [3.8, 4) is 6.07 Å². The van der Waals surface area contributed by atoms with Gasteiger partial charge in [-0.15, -0.1) is 0 Å². The van der Waals surface area contributed by atoms with Crippen molar-refractivity contribution >= 4 is 21.6 Å². The third-order valence-corrected chi connectivity index (χ3v) is 4.13. The van der Waals surface area contributed by atoms with Crippen molar-refractivity contribution in [2.24, 2.45) is 0 Å². The number of sulfonamides is 1. The van der Waals surface area contributed by atoms with Gasteiger partial charge in [0.2, 0.25) is 10.0 Å². The number of hydrogen-bond donors (Lipinski definition) is 2. The highest BCUT2D eigenvalue weighted by atomic mass is 35.5. The third-order valence-electron chi connectivity index (χ3n) is 2.22. The van der Waals surface area contributed by atoms with Gasteiger partial charge in [-0.2, -0.15) is 5.26 Å². The summed E-state index contributed by atoms with van der Waals surface area (Å²) in [5.74, 6) is 0. The van der Waals surface area contributed by atoms with Crippen LogP contribution in [0.1, 0.15) is 5.56 Å². The van der Waals surface area contributed by atoms with Crippen LogP contribution in [-0.2, 0) is 14.8 Å². The fourth-order valence-corrected chi connectivity index (χ4v) is 2.94. The maximum absolute atomic E-state index is 11.9. The summed E-state index contributed by atoms with van der Waals surface area (Å²) in [6.07, 6.45) is -0.947. The van der Waals surface area contributed by atoms with E-state index >= 15 is 0 Å². The Labute approximate surface area is 116 Å². The molecule has 0 spiro atoms. The highest BCUT2D eigenvalue weighted by molar-refractivity contribution is 7.89. The maximum Gasteiger partial charge on any atom is 0.242 e. The first-order chi connectivity index (χ1) is 8.90. The molecule has 0 aromatic heterocycles. The van der Waals surface area contributed by atoms with E-state index in [4.69, 9.17) is 16.9 Å². The van der Waals surface area contributed by atoms with E-state index in [9.17, 15) is 13.5 Å². The van der Waals surface area contributed by atoms with Gasteiger partial charge in [0.15, 0.2) is 0 Å². The van der Waals surface area contributed by atoms with Gasteiger partial charge in [0.25, 0.3) is 0 Å². The topological polar surface area (TPSA) is 99.4 Å². The van der Waals surface area contributed by atoms with E-state index < -0.39 is 16.1 Å². The van der Waals surface area contributed by atoms with Gasteiger partial charge >= 0.3 is 0 Å². The van der Waals surface area contributed by atoms with Gasteiger partial charge in [-0.05, 0) is 18.2 Å². The molecule has 1 rings (SSSR count). The Balaban J connectivity index is 2.86. The minimum absolute atomic E-state index is 0.0175. The molecule has 2 N–H and O–H groups in total. The minimum atomic E-state index is -3.84. The number of benzene rings is 1. The molecule has 19 heavy (non-hydrogen) atoms. The van der Waals surface area contributed by atoms with Crippen LogP contribution in [0.15, 0.2) is 23.1 Å². The summed E-state index contributed by atoms with van der Waals surface area (Å²) in [7, 11) is -2.44. The molecule has 0 aliphatic rings. The highest BCUT2D eigenvalue weighted by Gasteiger charge is 2.19. The molecule has 0 amide bonds. The van der Waals surface area contributed by atoms with Crippen LogP contribution in [0, 0.1) is 11.3 Å².